The minimum absolute atomic E-state index is 0.130. The third-order valence-electron chi connectivity index (χ3n) is 2.64. The lowest BCUT2D eigenvalue weighted by atomic mass is 10.1. The van der Waals surface area contributed by atoms with Gasteiger partial charge < -0.3 is 9.52 Å². The van der Waals surface area contributed by atoms with Crippen LogP contribution in [0, 0.1) is 0 Å². The highest BCUT2D eigenvalue weighted by atomic mass is 32.2. The van der Waals surface area contributed by atoms with Crippen molar-refractivity contribution in [3.05, 3.63) is 41.8 Å². The monoisotopic (exact) mass is 319 g/mol. The molecule has 0 radical (unpaired) electrons. The Labute approximate surface area is 121 Å². The van der Waals surface area contributed by atoms with E-state index in [1.165, 1.54) is 18.4 Å². The Hall–Kier alpha value is -1.67. The molecule has 2 aromatic rings. The maximum absolute atomic E-state index is 12.4. The summed E-state index contributed by atoms with van der Waals surface area (Å²) in [5.41, 5.74) is 0.0842. The van der Waals surface area contributed by atoms with Crippen LogP contribution in [0.25, 0.3) is 11.5 Å². The first kappa shape index (κ1) is 15.7. The summed E-state index contributed by atoms with van der Waals surface area (Å²) >= 11 is 0. The summed E-state index contributed by atoms with van der Waals surface area (Å²) in [7, 11) is -1.25. The third-order valence-corrected chi connectivity index (χ3v) is 3.89. The SMILES string of the molecule is O=[S@@](CCO)Cc1coc(-c2ccc(C(F)(F)F)cc2)n1. The molecule has 0 saturated carbocycles. The van der Waals surface area contributed by atoms with Gasteiger partial charge in [0.25, 0.3) is 0 Å². The highest BCUT2D eigenvalue weighted by Gasteiger charge is 2.30. The maximum atomic E-state index is 12.4. The number of hydrogen-bond donors (Lipinski definition) is 1. The second-order valence-corrected chi connectivity index (χ2v) is 5.81. The van der Waals surface area contributed by atoms with Crippen molar-refractivity contribution < 1.29 is 26.9 Å². The van der Waals surface area contributed by atoms with Gasteiger partial charge in [0.2, 0.25) is 5.89 Å². The average Bonchev–Trinajstić information content (AvgIpc) is 2.86. The Bertz CT molecular complexity index is 622. The van der Waals surface area contributed by atoms with E-state index in [-0.39, 0.29) is 24.0 Å². The Morgan fingerprint density at radius 1 is 1.24 bits per heavy atom. The Kier molecular flexibility index (Phi) is 4.79. The number of nitrogens with zero attached hydrogens (tertiary/aromatic N) is 1. The van der Waals surface area contributed by atoms with Gasteiger partial charge in [0, 0.05) is 22.1 Å². The summed E-state index contributed by atoms with van der Waals surface area (Å²) in [4.78, 5) is 4.07. The van der Waals surface area contributed by atoms with Gasteiger partial charge >= 0.3 is 6.18 Å². The molecule has 2 rings (SSSR count). The molecular weight excluding hydrogens is 307 g/mol. The second kappa shape index (κ2) is 6.40. The van der Waals surface area contributed by atoms with E-state index >= 15 is 0 Å². The van der Waals surface area contributed by atoms with Gasteiger partial charge in [-0.1, -0.05) is 0 Å². The lowest BCUT2D eigenvalue weighted by Gasteiger charge is -2.05. The fourth-order valence-electron chi connectivity index (χ4n) is 1.65. The molecule has 114 valence electrons. The molecule has 0 spiro atoms. The van der Waals surface area contributed by atoms with Crippen molar-refractivity contribution >= 4 is 10.8 Å². The topological polar surface area (TPSA) is 63.3 Å². The van der Waals surface area contributed by atoms with E-state index in [1.54, 1.807) is 0 Å². The summed E-state index contributed by atoms with van der Waals surface area (Å²) < 4.78 is 54.0. The van der Waals surface area contributed by atoms with Crippen molar-refractivity contribution in [2.45, 2.75) is 11.9 Å². The Morgan fingerprint density at radius 2 is 1.90 bits per heavy atom. The molecule has 21 heavy (non-hydrogen) atoms. The fourth-order valence-corrected chi connectivity index (χ4v) is 2.46. The van der Waals surface area contributed by atoms with E-state index in [4.69, 9.17) is 9.52 Å². The third kappa shape index (κ3) is 4.15. The minimum atomic E-state index is -4.39. The summed E-state index contributed by atoms with van der Waals surface area (Å²) in [6, 6.07) is 4.43. The predicted octanol–water partition coefficient (Wildman–Crippen LogP) is 2.60. The lowest BCUT2D eigenvalue weighted by Crippen LogP contribution is -2.04. The highest BCUT2D eigenvalue weighted by molar-refractivity contribution is 7.84. The molecule has 1 N–H and O–H groups in total. The molecule has 0 aliphatic rings. The van der Waals surface area contributed by atoms with Crippen molar-refractivity contribution in [1.29, 1.82) is 0 Å². The molecule has 0 aliphatic heterocycles. The van der Waals surface area contributed by atoms with Crippen LogP contribution in [0.4, 0.5) is 13.2 Å². The van der Waals surface area contributed by atoms with Gasteiger partial charge in [-0.2, -0.15) is 13.2 Å². The zero-order valence-electron chi connectivity index (χ0n) is 10.8. The lowest BCUT2D eigenvalue weighted by molar-refractivity contribution is -0.137. The number of rotatable bonds is 5. The first-order valence-corrected chi connectivity index (χ1v) is 7.47. The molecule has 1 aromatic heterocycles. The van der Waals surface area contributed by atoms with Crippen LogP contribution in [0.3, 0.4) is 0 Å². The van der Waals surface area contributed by atoms with Crippen molar-refractivity contribution in [3.63, 3.8) is 0 Å². The van der Waals surface area contributed by atoms with Gasteiger partial charge in [-0.3, -0.25) is 4.21 Å². The first-order valence-electron chi connectivity index (χ1n) is 5.98. The molecule has 8 heteroatoms. The maximum Gasteiger partial charge on any atom is 0.416 e. The van der Waals surface area contributed by atoms with Crippen molar-refractivity contribution in [2.75, 3.05) is 12.4 Å². The number of hydrogen-bond acceptors (Lipinski definition) is 4. The van der Waals surface area contributed by atoms with Crippen LogP contribution in [0.5, 0.6) is 0 Å². The van der Waals surface area contributed by atoms with Gasteiger partial charge in [-0.25, -0.2) is 4.98 Å². The van der Waals surface area contributed by atoms with E-state index in [1.807, 2.05) is 0 Å². The molecule has 0 aliphatic carbocycles. The van der Waals surface area contributed by atoms with E-state index in [0.29, 0.717) is 11.3 Å². The summed E-state index contributed by atoms with van der Waals surface area (Å²) in [5, 5.41) is 8.66. The molecule has 0 saturated heterocycles. The molecule has 1 aromatic carbocycles. The molecule has 1 atom stereocenters. The van der Waals surface area contributed by atoms with Gasteiger partial charge in [0.15, 0.2) is 0 Å². The van der Waals surface area contributed by atoms with Crippen molar-refractivity contribution in [1.82, 2.24) is 4.98 Å². The number of aliphatic hydroxyl groups is 1. The van der Waals surface area contributed by atoms with Gasteiger partial charge in [0.1, 0.15) is 6.26 Å². The van der Waals surface area contributed by atoms with Gasteiger partial charge in [-0.15, -0.1) is 0 Å². The van der Waals surface area contributed by atoms with Crippen molar-refractivity contribution in [2.24, 2.45) is 0 Å². The van der Waals surface area contributed by atoms with Crippen LogP contribution in [0.15, 0.2) is 34.9 Å². The van der Waals surface area contributed by atoms with Crippen LogP contribution in [-0.4, -0.2) is 26.7 Å². The van der Waals surface area contributed by atoms with E-state index < -0.39 is 22.5 Å². The molecule has 1 heterocycles. The van der Waals surface area contributed by atoms with Crippen LogP contribution in [0.1, 0.15) is 11.3 Å². The van der Waals surface area contributed by atoms with E-state index in [2.05, 4.69) is 4.98 Å². The molecule has 0 amide bonds. The second-order valence-electron chi connectivity index (χ2n) is 4.23. The largest absolute Gasteiger partial charge is 0.444 e. The van der Waals surface area contributed by atoms with Crippen LogP contribution < -0.4 is 0 Å². The number of aromatic nitrogens is 1. The molecule has 4 nitrogen and oxygen atoms in total. The minimum Gasteiger partial charge on any atom is -0.444 e. The van der Waals surface area contributed by atoms with Gasteiger partial charge in [0.05, 0.1) is 23.6 Å². The quantitative estimate of drug-likeness (QED) is 0.920. The van der Waals surface area contributed by atoms with E-state index in [9.17, 15) is 17.4 Å². The predicted molar refractivity (Wildman–Crippen MR) is 70.7 cm³/mol. The smallest absolute Gasteiger partial charge is 0.416 e. The number of oxazole rings is 1. The number of halogens is 3. The number of benzene rings is 1. The molecule has 0 bridgehead atoms. The van der Waals surface area contributed by atoms with Crippen LogP contribution >= 0.6 is 0 Å². The van der Waals surface area contributed by atoms with Crippen LogP contribution in [0.2, 0.25) is 0 Å². The molecule has 0 unspecified atom stereocenters. The average molecular weight is 319 g/mol. The number of aliphatic hydroxyl groups excluding tert-OH is 1. The highest BCUT2D eigenvalue weighted by Crippen LogP contribution is 2.30. The first-order chi connectivity index (χ1) is 9.90. The molecular formula is C13H12F3NO3S. The van der Waals surface area contributed by atoms with Crippen molar-refractivity contribution in [3.8, 4) is 11.5 Å². The Balaban J connectivity index is 2.12. The number of alkyl halides is 3. The summed E-state index contributed by atoms with van der Waals surface area (Å²) in [5.74, 6) is 0.437. The zero-order valence-corrected chi connectivity index (χ0v) is 11.6. The summed E-state index contributed by atoms with van der Waals surface area (Å²) in [6.07, 6.45) is -3.08. The molecule has 0 fully saturated rings. The summed E-state index contributed by atoms with van der Waals surface area (Å²) in [6.45, 7) is -0.184. The normalized spacial score (nSPS) is 13.3. The Morgan fingerprint density at radius 3 is 2.48 bits per heavy atom. The standard InChI is InChI=1S/C13H12F3NO3S/c14-13(15,16)10-3-1-9(2-4-10)12-17-11(7-20-12)8-21(19)6-5-18/h1-4,7,18H,5-6,8H2/t21-/m0/s1. The van der Waals surface area contributed by atoms with Crippen LogP contribution in [-0.2, 0) is 22.7 Å². The van der Waals surface area contributed by atoms with Gasteiger partial charge in [-0.05, 0) is 24.3 Å². The fraction of sp³-hybridized carbons (Fsp3) is 0.308. The van der Waals surface area contributed by atoms with E-state index in [0.717, 1.165) is 12.1 Å². The zero-order chi connectivity index (χ0) is 15.5.